The van der Waals surface area contributed by atoms with Crippen LogP contribution in [0.15, 0.2) is 0 Å². The Morgan fingerprint density at radius 1 is 1.12 bits per heavy atom. The molecule has 1 aliphatic heterocycles. The fourth-order valence-electron chi connectivity index (χ4n) is 3.80. The monoisotopic (exact) mass is 301 g/mol. The lowest BCUT2D eigenvalue weighted by Gasteiger charge is -2.37. The van der Waals surface area contributed by atoms with Crippen LogP contribution in [0.5, 0.6) is 0 Å². The van der Waals surface area contributed by atoms with Crippen LogP contribution in [0.3, 0.4) is 0 Å². The zero-order valence-corrected chi connectivity index (χ0v) is 13.0. The lowest BCUT2D eigenvalue weighted by Crippen LogP contribution is -2.43. The molecular formula is C15H28BrN. The van der Waals surface area contributed by atoms with Gasteiger partial charge in [-0.1, -0.05) is 48.5 Å². The highest BCUT2D eigenvalue weighted by atomic mass is 79.9. The molecule has 0 aromatic carbocycles. The number of likely N-dealkylation sites (tertiary alicyclic amines) is 1. The molecule has 0 bridgehead atoms. The maximum atomic E-state index is 3.79. The third kappa shape index (κ3) is 3.47. The van der Waals surface area contributed by atoms with Crippen LogP contribution in [0.1, 0.15) is 64.7 Å². The molecule has 1 atom stereocenters. The van der Waals surface area contributed by atoms with Gasteiger partial charge in [-0.05, 0) is 44.1 Å². The van der Waals surface area contributed by atoms with Crippen LogP contribution in [-0.2, 0) is 0 Å². The molecular weight excluding hydrogens is 274 g/mol. The summed E-state index contributed by atoms with van der Waals surface area (Å²) >= 11 is 3.79. The largest absolute Gasteiger partial charge is 0.300 e. The Bertz CT molecular complexity index is 223. The topological polar surface area (TPSA) is 3.24 Å². The van der Waals surface area contributed by atoms with E-state index in [4.69, 9.17) is 0 Å². The Hall–Kier alpha value is 0.440. The number of hydrogen-bond acceptors (Lipinski definition) is 1. The zero-order valence-electron chi connectivity index (χ0n) is 11.4. The molecule has 0 aromatic heterocycles. The number of rotatable bonds is 4. The summed E-state index contributed by atoms with van der Waals surface area (Å²) in [6.07, 6.45) is 12.9. The van der Waals surface area contributed by atoms with E-state index in [1.54, 1.807) is 0 Å². The second-order valence-corrected chi connectivity index (χ2v) is 6.78. The maximum Gasteiger partial charge on any atom is 0.0100 e. The minimum atomic E-state index is 0.609. The van der Waals surface area contributed by atoms with Gasteiger partial charge < -0.3 is 0 Å². The summed E-state index contributed by atoms with van der Waals surface area (Å²) in [6.45, 7) is 5.09. The number of hydrogen-bond donors (Lipinski definition) is 0. The fourth-order valence-corrected chi connectivity index (χ4v) is 4.54. The molecule has 1 aliphatic carbocycles. The van der Waals surface area contributed by atoms with E-state index in [2.05, 4.69) is 27.8 Å². The van der Waals surface area contributed by atoms with E-state index in [1.807, 2.05) is 0 Å². The Labute approximate surface area is 115 Å². The van der Waals surface area contributed by atoms with Crippen molar-refractivity contribution in [1.82, 2.24) is 4.90 Å². The Balaban J connectivity index is 1.98. The van der Waals surface area contributed by atoms with Gasteiger partial charge in [0.25, 0.3) is 0 Å². The van der Waals surface area contributed by atoms with Gasteiger partial charge >= 0.3 is 0 Å². The lowest BCUT2D eigenvalue weighted by molar-refractivity contribution is 0.124. The predicted octanol–water partition coefficient (Wildman–Crippen LogP) is 4.60. The van der Waals surface area contributed by atoms with Gasteiger partial charge in [0.2, 0.25) is 0 Å². The van der Waals surface area contributed by atoms with Crippen LogP contribution >= 0.6 is 15.9 Å². The Morgan fingerprint density at radius 2 is 1.88 bits per heavy atom. The summed E-state index contributed by atoms with van der Waals surface area (Å²) in [7, 11) is 0. The van der Waals surface area contributed by atoms with Crippen molar-refractivity contribution in [2.75, 3.05) is 18.4 Å². The van der Waals surface area contributed by atoms with Crippen LogP contribution < -0.4 is 0 Å². The van der Waals surface area contributed by atoms with Gasteiger partial charge in [0.15, 0.2) is 0 Å². The predicted molar refractivity (Wildman–Crippen MR) is 78.8 cm³/mol. The van der Waals surface area contributed by atoms with E-state index in [9.17, 15) is 0 Å². The molecule has 1 saturated carbocycles. The van der Waals surface area contributed by atoms with Gasteiger partial charge in [0, 0.05) is 17.9 Å². The van der Waals surface area contributed by atoms with Gasteiger partial charge in [0.1, 0.15) is 0 Å². The standard InChI is InChI=1S/C15H28BrN/c1-2-14-8-4-3-7-11-17(14)13-15(12-16)9-5-6-10-15/h14H,2-13H2,1H3. The van der Waals surface area contributed by atoms with Crippen molar-refractivity contribution in [1.29, 1.82) is 0 Å². The highest BCUT2D eigenvalue weighted by Crippen LogP contribution is 2.41. The summed E-state index contributed by atoms with van der Waals surface area (Å²) in [4.78, 5) is 2.83. The van der Waals surface area contributed by atoms with Crippen LogP contribution in [0.2, 0.25) is 0 Å². The van der Waals surface area contributed by atoms with Crippen LogP contribution in [0, 0.1) is 5.41 Å². The van der Waals surface area contributed by atoms with E-state index in [0.29, 0.717) is 5.41 Å². The van der Waals surface area contributed by atoms with Gasteiger partial charge in [-0.25, -0.2) is 0 Å². The molecule has 1 saturated heterocycles. The molecule has 0 radical (unpaired) electrons. The second-order valence-electron chi connectivity index (χ2n) is 6.22. The van der Waals surface area contributed by atoms with Crippen LogP contribution in [0.4, 0.5) is 0 Å². The smallest absolute Gasteiger partial charge is 0.0100 e. The second kappa shape index (κ2) is 6.56. The molecule has 2 rings (SSSR count). The van der Waals surface area contributed by atoms with E-state index in [1.165, 1.54) is 76.2 Å². The van der Waals surface area contributed by atoms with Crippen molar-refractivity contribution in [2.24, 2.45) is 5.41 Å². The fraction of sp³-hybridized carbons (Fsp3) is 1.00. The average Bonchev–Trinajstić information content (AvgIpc) is 2.70. The summed E-state index contributed by atoms with van der Waals surface area (Å²) in [6, 6.07) is 0.869. The van der Waals surface area contributed by atoms with Crippen molar-refractivity contribution in [3.8, 4) is 0 Å². The molecule has 17 heavy (non-hydrogen) atoms. The molecule has 0 aromatic rings. The van der Waals surface area contributed by atoms with Crippen molar-refractivity contribution in [2.45, 2.75) is 70.8 Å². The van der Waals surface area contributed by atoms with Crippen LogP contribution in [-0.4, -0.2) is 29.4 Å². The van der Waals surface area contributed by atoms with Gasteiger partial charge in [-0.15, -0.1) is 0 Å². The summed E-state index contributed by atoms with van der Waals surface area (Å²) in [5, 5.41) is 1.22. The summed E-state index contributed by atoms with van der Waals surface area (Å²) in [5.74, 6) is 0. The molecule has 1 heterocycles. The van der Waals surface area contributed by atoms with Crippen molar-refractivity contribution in [3.63, 3.8) is 0 Å². The summed E-state index contributed by atoms with van der Waals surface area (Å²) in [5.41, 5.74) is 0.609. The van der Waals surface area contributed by atoms with Crippen molar-refractivity contribution in [3.05, 3.63) is 0 Å². The molecule has 100 valence electrons. The SMILES string of the molecule is CCC1CCCCCN1CC1(CBr)CCCC1. The maximum absolute atomic E-state index is 3.79. The minimum absolute atomic E-state index is 0.609. The van der Waals surface area contributed by atoms with Gasteiger partial charge in [-0.3, -0.25) is 4.90 Å². The number of halogens is 1. The van der Waals surface area contributed by atoms with E-state index >= 15 is 0 Å². The first-order valence-corrected chi connectivity index (χ1v) is 8.72. The number of alkyl halides is 1. The molecule has 0 N–H and O–H groups in total. The molecule has 2 fully saturated rings. The summed E-state index contributed by atoms with van der Waals surface area (Å²) < 4.78 is 0. The first-order valence-electron chi connectivity index (χ1n) is 7.60. The zero-order chi connectivity index (χ0) is 12.1. The van der Waals surface area contributed by atoms with E-state index in [-0.39, 0.29) is 0 Å². The third-order valence-electron chi connectivity index (χ3n) is 4.96. The van der Waals surface area contributed by atoms with Crippen LogP contribution in [0.25, 0.3) is 0 Å². The highest BCUT2D eigenvalue weighted by Gasteiger charge is 2.36. The van der Waals surface area contributed by atoms with E-state index < -0.39 is 0 Å². The van der Waals surface area contributed by atoms with Crippen molar-refractivity contribution < 1.29 is 0 Å². The Kier molecular flexibility index (Phi) is 5.35. The molecule has 0 amide bonds. The van der Waals surface area contributed by atoms with E-state index in [0.717, 1.165) is 6.04 Å². The first-order chi connectivity index (χ1) is 8.29. The molecule has 1 nitrogen and oxygen atoms in total. The molecule has 2 aliphatic rings. The normalized spacial score (nSPS) is 30.4. The minimum Gasteiger partial charge on any atom is -0.300 e. The highest BCUT2D eigenvalue weighted by molar-refractivity contribution is 9.09. The van der Waals surface area contributed by atoms with Crippen molar-refractivity contribution >= 4 is 15.9 Å². The van der Waals surface area contributed by atoms with Gasteiger partial charge in [0.05, 0.1) is 0 Å². The molecule has 1 unspecified atom stereocenters. The molecule has 0 spiro atoms. The van der Waals surface area contributed by atoms with Gasteiger partial charge in [-0.2, -0.15) is 0 Å². The molecule has 2 heteroatoms. The third-order valence-corrected chi connectivity index (χ3v) is 6.15. The Morgan fingerprint density at radius 3 is 2.53 bits per heavy atom. The average molecular weight is 302 g/mol. The lowest BCUT2D eigenvalue weighted by atomic mass is 9.87. The number of nitrogens with zero attached hydrogens (tertiary/aromatic N) is 1. The first kappa shape index (κ1) is 13.9. The quantitative estimate of drug-likeness (QED) is 0.686.